The van der Waals surface area contributed by atoms with Gasteiger partial charge in [-0.25, -0.2) is 0 Å². The molecule has 0 saturated heterocycles. The van der Waals surface area contributed by atoms with E-state index in [-0.39, 0.29) is 0 Å². The van der Waals surface area contributed by atoms with Gasteiger partial charge in [0.15, 0.2) is 0 Å². The van der Waals surface area contributed by atoms with Gasteiger partial charge in [-0.05, 0) is 22.9 Å². The van der Waals surface area contributed by atoms with Crippen LogP contribution in [0.15, 0.2) is 53.7 Å². The maximum absolute atomic E-state index is 10.7. The van der Waals surface area contributed by atoms with Gasteiger partial charge < -0.3 is 5.32 Å². The minimum absolute atomic E-state index is 0.459. The monoisotopic (exact) mass is 224 g/mol. The fraction of sp³-hybridized carbons (Fsp3) is 0.0769. The van der Waals surface area contributed by atoms with E-state index < -0.39 is 0 Å². The fourth-order valence-electron chi connectivity index (χ4n) is 1.66. The lowest BCUT2D eigenvalue weighted by molar-refractivity contribution is 1.15. The van der Waals surface area contributed by atoms with Crippen molar-refractivity contribution in [3.05, 3.63) is 59.0 Å². The highest BCUT2D eigenvalue weighted by molar-refractivity contribution is 6.32. The topological polar surface area (TPSA) is 41.5 Å². The molecule has 0 aliphatic carbocycles. The van der Waals surface area contributed by atoms with E-state index in [2.05, 4.69) is 10.5 Å². The Bertz CT molecular complexity index is 514. The van der Waals surface area contributed by atoms with Crippen LogP contribution < -0.4 is 10.8 Å². The quantitative estimate of drug-likeness (QED) is 0.637. The van der Waals surface area contributed by atoms with Crippen LogP contribution in [-0.4, -0.2) is 7.85 Å². The van der Waals surface area contributed by atoms with Gasteiger partial charge in [-0.15, -0.1) is 4.91 Å². The summed E-state index contributed by atoms with van der Waals surface area (Å²) in [6, 6.07) is 15.7. The second kappa shape index (κ2) is 5.30. The Hall–Kier alpha value is -2.10. The van der Waals surface area contributed by atoms with E-state index in [4.69, 9.17) is 0 Å². The number of hydrogen-bond acceptors (Lipinski definition) is 3. The summed E-state index contributed by atoms with van der Waals surface area (Å²) in [6.45, 7) is 0.687. The van der Waals surface area contributed by atoms with Gasteiger partial charge in [0.05, 0.1) is 5.69 Å². The summed E-state index contributed by atoms with van der Waals surface area (Å²) in [5.41, 5.74) is 3.44. The molecule has 0 atom stereocenters. The van der Waals surface area contributed by atoms with Crippen molar-refractivity contribution in [1.29, 1.82) is 0 Å². The van der Waals surface area contributed by atoms with Gasteiger partial charge in [0.2, 0.25) is 0 Å². The summed E-state index contributed by atoms with van der Waals surface area (Å²) < 4.78 is 0. The highest BCUT2D eigenvalue weighted by atomic mass is 16.3. The number of anilines is 1. The molecule has 0 aliphatic heterocycles. The van der Waals surface area contributed by atoms with E-state index in [0.29, 0.717) is 12.2 Å². The Morgan fingerprint density at radius 3 is 2.59 bits per heavy atom. The highest BCUT2D eigenvalue weighted by Crippen LogP contribution is 2.23. The summed E-state index contributed by atoms with van der Waals surface area (Å²) >= 11 is 0. The van der Waals surface area contributed by atoms with Crippen LogP contribution in [0.4, 0.5) is 11.4 Å². The zero-order valence-electron chi connectivity index (χ0n) is 9.68. The maximum atomic E-state index is 10.7. The number of rotatable bonds is 4. The molecule has 3 nitrogen and oxygen atoms in total. The molecule has 0 heterocycles. The van der Waals surface area contributed by atoms with E-state index in [1.54, 1.807) is 6.07 Å². The molecule has 2 aromatic carbocycles. The maximum Gasteiger partial charge on any atom is 0.139 e. The van der Waals surface area contributed by atoms with Crippen LogP contribution in [0.2, 0.25) is 0 Å². The van der Waals surface area contributed by atoms with E-state index >= 15 is 0 Å². The molecule has 17 heavy (non-hydrogen) atoms. The van der Waals surface area contributed by atoms with Crippen molar-refractivity contribution in [2.75, 3.05) is 5.32 Å². The molecule has 0 bridgehead atoms. The molecule has 0 saturated carbocycles. The van der Waals surface area contributed by atoms with Crippen molar-refractivity contribution >= 4 is 24.7 Å². The van der Waals surface area contributed by atoms with Gasteiger partial charge >= 0.3 is 0 Å². The first-order valence-corrected chi connectivity index (χ1v) is 5.51. The lowest BCUT2D eigenvalue weighted by Crippen LogP contribution is -2.04. The van der Waals surface area contributed by atoms with Gasteiger partial charge in [-0.1, -0.05) is 41.9 Å². The number of benzene rings is 2. The Morgan fingerprint density at radius 2 is 1.88 bits per heavy atom. The zero-order valence-corrected chi connectivity index (χ0v) is 9.68. The summed E-state index contributed by atoms with van der Waals surface area (Å²) in [7, 11) is 1.94. The molecule has 0 fully saturated rings. The van der Waals surface area contributed by atoms with Crippen LogP contribution >= 0.6 is 0 Å². The molecule has 0 unspecified atom stereocenters. The lowest BCUT2D eigenvalue weighted by atomic mass is 9.95. The van der Waals surface area contributed by atoms with Crippen molar-refractivity contribution in [2.24, 2.45) is 5.18 Å². The van der Waals surface area contributed by atoms with E-state index in [1.165, 1.54) is 5.56 Å². The SMILES string of the molecule is Bc1ccc(NCc2ccccc2)c(N=O)c1. The third kappa shape index (κ3) is 2.94. The van der Waals surface area contributed by atoms with Crippen LogP contribution in [0.25, 0.3) is 0 Å². The van der Waals surface area contributed by atoms with Gasteiger partial charge in [0.25, 0.3) is 0 Å². The highest BCUT2D eigenvalue weighted by Gasteiger charge is 2.02. The van der Waals surface area contributed by atoms with Gasteiger partial charge in [-0.3, -0.25) is 0 Å². The van der Waals surface area contributed by atoms with Crippen molar-refractivity contribution in [2.45, 2.75) is 6.54 Å². The first kappa shape index (κ1) is 11.4. The van der Waals surface area contributed by atoms with Crippen molar-refractivity contribution in [3.63, 3.8) is 0 Å². The smallest absolute Gasteiger partial charge is 0.139 e. The second-order valence-electron chi connectivity index (χ2n) is 3.95. The first-order valence-electron chi connectivity index (χ1n) is 5.51. The first-order chi connectivity index (χ1) is 8.29. The predicted octanol–water partition coefficient (Wildman–Crippen LogP) is 1.95. The van der Waals surface area contributed by atoms with Gasteiger partial charge in [0, 0.05) is 6.54 Å². The number of nitrogens with zero attached hydrogens (tertiary/aromatic N) is 1. The average Bonchev–Trinajstić information content (AvgIpc) is 2.38. The normalized spacial score (nSPS) is 9.88. The van der Waals surface area contributed by atoms with Gasteiger partial charge in [0.1, 0.15) is 13.5 Å². The largest absolute Gasteiger partial charge is 0.379 e. The molecular weight excluding hydrogens is 211 g/mol. The van der Waals surface area contributed by atoms with Gasteiger partial charge in [-0.2, -0.15) is 0 Å². The minimum Gasteiger partial charge on any atom is -0.379 e. The molecule has 0 amide bonds. The van der Waals surface area contributed by atoms with Crippen molar-refractivity contribution in [1.82, 2.24) is 0 Å². The minimum atomic E-state index is 0.459. The zero-order chi connectivity index (χ0) is 12.1. The van der Waals surface area contributed by atoms with Crippen molar-refractivity contribution < 1.29 is 0 Å². The fourth-order valence-corrected chi connectivity index (χ4v) is 1.66. The van der Waals surface area contributed by atoms with Crippen LogP contribution in [0.5, 0.6) is 0 Å². The second-order valence-corrected chi connectivity index (χ2v) is 3.95. The molecule has 0 aliphatic rings. The standard InChI is InChI=1S/C13H13BN2O/c14-11-6-7-12(13(8-11)16-17)15-9-10-4-2-1-3-5-10/h1-8,15H,9,14H2. The molecule has 84 valence electrons. The summed E-state index contributed by atoms with van der Waals surface area (Å²) in [6.07, 6.45) is 0. The molecular formula is C13H13BN2O. The third-order valence-electron chi connectivity index (χ3n) is 2.58. The molecule has 4 heteroatoms. The van der Waals surface area contributed by atoms with Crippen molar-refractivity contribution in [3.8, 4) is 0 Å². The number of nitrogens with one attached hydrogen (secondary N) is 1. The van der Waals surface area contributed by atoms with Crippen LogP contribution in [-0.2, 0) is 6.54 Å². The van der Waals surface area contributed by atoms with E-state index in [9.17, 15) is 4.91 Å². The molecule has 2 aromatic rings. The Labute approximate surface area is 101 Å². The molecule has 0 aromatic heterocycles. The van der Waals surface area contributed by atoms with Crippen LogP contribution in [0.3, 0.4) is 0 Å². The van der Waals surface area contributed by atoms with E-state index in [1.807, 2.05) is 50.3 Å². The third-order valence-corrected chi connectivity index (χ3v) is 2.58. The Morgan fingerprint density at radius 1 is 1.12 bits per heavy atom. The molecule has 2 rings (SSSR count). The Kier molecular flexibility index (Phi) is 3.55. The Balaban J connectivity index is 2.11. The molecule has 0 spiro atoms. The van der Waals surface area contributed by atoms with Crippen LogP contribution in [0.1, 0.15) is 5.56 Å². The predicted molar refractivity (Wildman–Crippen MR) is 73.8 cm³/mol. The molecule has 0 radical (unpaired) electrons. The molecule has 1 N–H and O–H groups in total. The lowest BCUT2D eigenvalue weighted by Gasteiger charge is -2.08. The summed E-state index contributed by atoms with van der Waals surface area (Å²) in [5, 5.41) is 6.25. The number of nitroso groups, excluding NO2 is 1. The number of hydrogen-bond donors (Lipinski definition) is 1. The summed E-state index contributed by atoms with van der Waals surface area (Å²) in [5.74, 6) is 0. The average molecular weight is 224 g/mol. The van der Waals surface area contributed by atoms with Crippen LogP contribution in [0, 0.1) is 4.91 Å². The summed E-state index contributed by atoms with van der Waals surface area (Å²) in [4.78, 5) is 10.7. The van der Waals surface area contributed by atoms with E-state index in [0.717, 1.165) is 11.2 Å².